The van der Waals surface area contributed by atoms with Gasteiger partial charge in [-0.2, -0.15) is 0 Å². The number of rotatable bonds is 7. The van der Waals surface area contributed by atoms with E-state index in [0.29, 0.717) is 11.6 Å². The molecule has 0 aliphatic carbocycles. The molecule has 1 aliphatic heterocycles. The third-order valence-corrected chi connectivity index (χ3v) is 4.04. The van der Waals surface area contributed by atoms with E-state index >= 15 is 0 Å². The summed E-state index contributed by atoms with van der Waals surface area (Å²) in [5.41, 5.74) is 2.01. The minimum atomic E-state index is -0.343. The standard InChI is InChI=1S/C18H25N3O2/c1-15(2)14-20-12-9-17(10-13-20)19-11-5-7-16-6-3-4-8-18(16)21(22)23/h3-8,17,19H,1,9-14H2,2H3/b7-5+. The van der Waals surface area contributed by atoms with E-state index in [9.17, 15) is 10.1 Å². The predicted octanol–water partition coefficient (Wildman–Crippen LogP) is 3.24. The molecule has 0 unspecified atom stereocenters. The molecule has 0 saturated carbocycles. The lowest BCUT2D eigenvalue weighted by Crippen LogP contribution is -2.42. The van der Waals surface area contributed by atoms with Gasteiger partial charge in [-0.15, -0.1) is 0 Å². The lowest BCUT2D eigenvalue weighted by Gasteiger charge is -2.32. The van der Waals surface area contributed by atoms with Gasteiger partial charge in [0.2, 0.25) is 0 Å². The van der Waals surface area contributed by atoms with E-state index in [0.717, 1.165) is 39.0 Å². The number of nitro groups is 1. The fourth-order valence-electron chi connectivity index (χ4n) is 2.89. The molecule has 5 nitrogen and oxygen atoms in total. The minimum Gasteiger partial charge on any atom is -0.310 e. The van der Waals surface area contributed by atoms with Gasteiger partial charge in [0.15, 0.2) is 0 Å². The van der Waals surface area contributed by atoms with Crippen LogP contribution in [0.25, 0.3) is 6.08 Å². The maximum absolute atomic E-state index is 11.0. The minimum absolute atomic E-state index is 0.150. The van der Waals surface area contributed by atoms with E-state index in [4.69, 9.17) is 0 Å². The van der Waals surface area contributed by atoms with E-state index in [2.05, 4.69) is 23.7 Å². The summed E-state index contributed by atoms with van der Waals surface area (Å²) in [4.78, 5) is 13.0. The molecular formula is C18H25N3O2. The summed E-state index contributed by atoms with van der Waals surface area (Å²) in [6.45, 7) is 9.95. The fraction of sp³-hybridized carbons (Fsp3) is 0.444. The Balaban J connectivity index is 1.76. The highest BCUT2D eigenvalue weighted by atomic mass is 16.6. The van der Waals surface area contributed by atoms with E-state index in [1.165, 1.54) is 11.6 Å². The number of nitrogens with zero attached hydrogens (tertiary/aromatic N) is 2. The first kappa shape index (κ1) is 17.4. The van der Waals surface area contributed by atoms with Gasteiger partial charge in [0, 0.05) is 25.2 Å². The quantitative estimate of drug-likeness (QED) is 0.477. The highest BCUT2D eigenvalue weighted by Crippen LogP contribution is 2.18. The van der Waals surface area contributed by atoms with Gasteiger partial charge in [-0.25, -0.2) is 0 Å². The zero-order valence-electron chi connectivity index (χ0n) is 13.7. The number of benzene rings is 1. The average molecular weight is 315 g/mol. The summed E-state index contributed by atoms with van der Waals surface area (Å²) in [7, 11) is 0. The van der Waals surface area contributed by atoms with Crippen molar-refractivity contribution in [3.8, 4) is 0 Å². The van der Waals surface area contributed by atoms with Crippen LogP contribution in [-0.2, 0) is 0 Å². The van der Waals surface area contributed by atoms with Crippen LogP contribution in [0, 0.1) is 10.1 Å². The molecule has 0 bridgehead atoms. The Bertz CT molecular complexity index is 575. The van der Waals surface area contributed by atoms with Crippen molar-refractivity contribution in [2.45, 2.75) is 25.8 Å². The number of nitro benzene ring substituents is 1. The van der Waals surface area contributed by atoms with Crippen molar-refractivity contribution in [1.82, 2.24) is 10.2 Å². The third kappa shape index (κ3) is 5.62. The van der Waals surface area contributed by atoms with Gasteiger partial charge in [-0.05, 0) is 38.9 Å². The second-order valence-corrected chi connectivity index (χ2v) is 6.13. The largest absolute Gasteiger partial charge is 0.310 e. The van der Waals surface area contributed by atoms with Crippen LogP contribution in [0.1, 0.15) is 25.3 Å². The topological polar surface area (TPSA) is 58.4 Å². The van der Waals surface area contributed by atoms with Gasteiger partial charge < -0.3 is 5.32 Å². The Morgan fingerprint density at radius 3 is 2.78 bits per heavy atom. The van der Waals surface area contributed by atoms with Gasteiger partial charge in [0.1, 0.15) is 0 Å². The van der Waals surface area contributed by atoms with Gasteiger partial charge in [-0.1, -0.05) is 36.4 Å². The Kier molecular flexibility index (Phi) is 6.50. The Morgan fingerprint density at radius 2 is 2.13 bits per heavy atom. The van der Waals surface area contributed by atoms with Crippen molar-refractivity contribution in [2.75, 3.05) is 26.2 Å². The van der Waals surface area contributed by atoms with Crippen LogP contribution in [0.2, 0.25) is 0 Å². The number of para-hydroxylation sites is 1. The van der Waals surface area contributed by atoms with Crippen LogP contribution in [0.3, 0.4) is 0 Å². The van der Waals surface area contributed by atoms with Crippen LogP contribution in [0.5, 0.6) is 0 Å². The maximum Gasteiger partial charge on any atom is 0.276 e. The second-order valence-electron chi connectivity index (χ2n) is 6.13. The molecule has 1 N–H and O–H groups in total. The first-order valence-corrected chi connectivity index (χ1v) is 8.06. The van der Waals surface area contributed by atoms with Gasteiger partial charge >= 0.3 is 0 Å². The van der Waals surface area contributed by atoms with Gasteiger partial charge in [0.25, 0.3) is 5.69 Å². The molecule has 1 fully saturated rings. The zero-order valence-corrected chi connectivity index (χ0v) is 13.7. The molecule has 0 radical (unpaired) electrons. The molecule has 1 saturated heterocycles. The summed E-state index contributed by atoms with van der Waals surface area (Å²) in [5, 5.41) is 14.5. The summed E-state index contributed by atoms with van der Waals surface area (Å²) >= 11 is 0. The van der Waals surface area contributed by atoms with Crippen LogP contribution >= 0.6 is 0 Å². The average Bonchev–Trinajstić information content (AvgIpc) is 2.53. The number of hydrogen-bond donors (Lipinski definition) is 1. The lowest BCUT2D eigenvalue weighted by atomic mass is 10.0. The van der Waals surface area contributed by atoms with Crippen LogP contribution in [-0.4, -0.2) is 42.0 Å². The molecule has 0 aromatic heterocycles. The Hall–Kier alpha value is -1.98. The van der Waals surface area contributed by atoms with E-state index in [-0.39, 0.29) is 10.6 Å². The van der Waals surface area contributed by atoms with Gasteiger partial charge in [0.05, 0.1) is 10.5 Å². The highest BCUT2D eigenvalue weighted by molar-refractivity contribution is 5.60. The molecular weight excluding hydrogens is 290 g/mol. The van der Waals surface area contributed by atoms with Crippen molar-refractivity contribution in [3.05, 3.63) is 58.2 Å². The van der Waals surface area contributed by atoms with Crippen molar-refractivity contribution in [3.63, 3.8) is 0 Å². The first-order chi connectivity index (χ1) is 11.1. The first-order valence-electron chi connectivity index (χ1n) is 8.06. The summed E-state index contributed by atoms with van der Waals surface area (Å²) in [6, 6.07) is 7.32. The summed E-state index contributed by atoms with van der Waals surface area (Å²) in [5.74, 6) is 0. The molecule has 2 rings (SSSR count). The van der Waals surface area contributed by atoms with Crippen molar-refractivity contribution >= 4 is 11.8 Å². The Labute approximate surface area is 137 Å². The fourth-order valence-corrected chi connectivity index (χ4v) is 2.89. The summed E-state index contributed by atoms with van der Waals surface area (Å²) < 4.78 is 0. The Morgan fingerprint density at radius 1 is 1.43 bits per heavy atom. The SMILES string of the molecule is C=C(C)CN1CCC(NC/C=C/c2ccccc2[N+](=O)[O-])CC1. The molecule has 1 aromatic rings. The normalized spacial score (nSPS) is 16.7. The summed E-state index contributed by atoms with van der Waals surface area (Å²) in [6.07, 6.45) is 6.04. The number of piperidine rings is 1. The molecule has 124 valence electrons. The highest BCUT2D eigenvalue weighted by Gasteiger charge is 2.17. The molecule has 0 amide bonds. The van der Waals surface area contributed by atoms with Crippen molar-refractivity contribution in [2.24, 2.45) is 0 Å². The molecule has 23 heavy (non-hydrogen) atoms. The molecule has 0 spiro atoms. The van der Waals surface area contributed by atoms with Crippen molar-refractivity contribution in [1.29, 1.82) is 0 Å². The van der Waals surface area contributed by atoms with Crippen LogP contribution < -0.4 is 5.32 Å². The van der Waals surface area contributed by atoms with Crippen LogP contribution in [0.15, 0.2) is 42.5 Å². The predicted molar refractivity (Wildman–Crippen MR) is 94.4 cm³/mol. The lowest BCUT2D eigenvalue weighted by molar-refractivity contribution is -0.385. The van der Waals surface area contributed by atoms with E-state index < -0.39 is 0 Å². The monoisotopic (exact) mass is 315 g/mol. The van der Waals surface area contributed by atoms with Gasteiger partial charge in [-0.3, -0.25) is 15.0 Å². The third-order valence-electron chi connectivity index (χ3n) is 4.04. The number of likely N-dealkylation sites (tertiary alicyclic amines) is 1. The number of hydrogen-bond acceptors (Lipinski definition) is 4. The molecule has 5 heteroatoms. The maximum atomic E-state index is 11.0. The zero-order chi connectivity index (χ0) is 16.7. The molecule has 0 atom stereocenters. The van der Waals surface area contributed by atoms with E-state index in [1.54, 1.807) is 12.1 Å². The van der Waals surface area contributed by atoms with Crippen molar-refractivity contribution < 1.29 is 4.92 Å². The molecule has 1 aliphatic rings. The van der Waals surface area contributed by atoms with E-state index in [1.807, 2.05) is 18.2 Å². The second kappa shape index (κ2) is 8.60. The molecule has 1 heterocycles. The van der Waals surface area contributed by atoms with Crippen LogP contribution in [0.4, 0.5) is 5.69 Å². The number of nitrogens with one attached hydrogen (secondary N) is 1. The molecule has 1 aromatic carbocycles. The smallest absolute Gasteiger partial charge is 0.276 e.